The fourth-order valence-corrected chi connectivity index (χ4v) is 1.04. The Kier molecular flexibility index (Phi) is 16.9. The molecule has 98 valence electrons. The summed E-state index contributed by atoms with van der Waals surface area (Å²) in [5, 5.41) is 0. The summed E-state index contributed by atoms with van der Waals surface area (Å²) in [5.41, 5.74) is 1.65. The van der Waals surface area contributed by atoms with Gasteiger partial charge < -0.3 is 27.7 Å². The number of benzene rings is 2. The first kappa shape index (κ1) is 22.4. The molecule has 0 aliphatic carbocycles. The van der Waals surface area contributed by atoms with Crippen molar-refractivity contribution in [3.63, 3.8) is 0 Å². The van der Waals surface area contributed by atoms with Crippen LogP contribution in [0.25, 0.3) is 0 Å². The van der Waals surface area contributed by atoms with Crippen molar-refractivity contribution < 1.29 is 21.1 Å². The maximum atomic E-state index is 6.69. The van der Waals surface area contributed by atoms with Gasteiger partial charge in [-0.05, 0) is 0 Å². The molecule has 2 aromatic carbocycles. The van der Waals surface area contributed by atoms with Gasteiger partial charge >= 0.3 is 21.1 Å². The van der Waals surface area contributed by atoms with Gasteiger partial charge in [-0.15, -0.1) is 35.4 Å². The van der Waals surface area contributed by atoms with Gasteiger partial charge in [-0.25, -0.2) is 0 Å². The Morgan fingerprint density at radius 1 is 0.579 bits per heavy atom. The molecule has 0 aromatic heterocycles. The SMILES string of the molecule is [C-]#Cc1ccccc1.[C-]#Cc1ccccc1.[CH3-].[CH3-].[Pt+4]. The molecule has 0 saturated carbocycles. The van der Waals surface area contributed by atoms with Crippen molar-refractivity contribution in [1.82, 2.24) is 0 Å². The molecule has 0 atom stereocenters. The molecule has 0 bridgehead atoms. The van der Waals surface area contributed by atoms with Crippen LogP contribution in [0.15, 0.2) is 60.7 Å². The van der Waals surface area contributed by atoms with Crippen molar-refractivity contribution in [2.24, 2.45) is 0 Å². The van der Waals surface area contributed by atoms with Crippen molar-refractivity contribution in [3.05, 3.63) is 99.5 Å². The first-order valence-electron chi connectivity index (χ1n) is 4.82. The predicted octanol–water partition coefficient (Wildman–Crippen LogP) is 4.15. The van der Waals surface area contributed by atoms with E-state index >= 15 is 0 Å². The van der Waals surface area contributed by atoms with Crippen LogP contribution >= 0.6 is 0 Å². The first-order chi connectivity index (χ1) is 7.86. The summed E-state index contributed by atoms with van der Waals surface area (Å²) in [6.45, 7) is 0. The van der Waals surface area contributed by atoms with Crippen LogP contribution in [0.1, 0.15) is 11.1 Å². The zero-order valence-corrected chi connectivity index (χ0v) is 13.4. The molecule has 0 N–H and O–H groups in total. The van der Waals surface area contributed by atoms with Crippen LogP contribution in [0.3, 0.4) is 0 Å². The van der Waals surface area contributed by atoms with E-state index in [-0.39, 0.29) is 35.9 Å². The Balaban J connectivity index is -0.000000233. The quantitative estimate of drug-likeness (QED) is 0.438. The van der Waals surface area contributed by atoms with Gasteiger partial charge in [-0.3, -0.25) is 11.8 Å². The largest absolute Gasteiger partial charge is 4.00 e. The average Bonchev–Trinajstić information content (AvgIpc) is 2.41. The van der Waals surface area contributed by atoms with E-state index < -0.39 is 0 Å². The average molecular weight is 427 g/mol. The maximum absolute atomic E-state index is 6.69. The molecule has 0 saturated heterocycles. The van der Waals surface area contributed by atoms with E-state index in [1.54, 1.807) is 0 Å². The molecule has 0 aliphatic rings. The van der Waals surface area contributed by atoms with Gasteiger partial charge in [0.2, 0.25) is 0 Å². The minimum absolute atomic E-state index is 0. The molecule has 0 nitrogen and oxygen atoms in total. The third-order valence-electron chi connectivity index (χ3n) is 1.84. The van der Waals surface area contributed by atoms with Crippen molar-refractivity contribution in [3.8, 4) is 11.8 Å². The summed E-state index contributed by atoms with van der Waals surface area (Å²) in [4.78, 5) is 0. The van der Waals surface area contributed by atoms with Gasteiger partial charge in [-0.1, -0.05) is 36.4 Å². The van der Waals surface area contributed by atoms with Crippen molar-refractivity contribution in [1.29, 1.82) is 0 Å². The number of rotatable bonds is 0. The maximum Gasteiger partial charge on any atom is 4.00 e. The van der Waals surface area contributed by atoms with Crippen LogP contribution in [0, 0.1) is 39.5 Å². The molecule has 0 radical (unpaired) electrons. The monoisotopic (exact) mass is 427 g/mol. The minimum atomic E-state index is 0. The molecule has 19 heavy (non-hydrogen) atoms. The Hall–Kier alpha value is -1.75. The Labute approximate surface area is 132 Å². The van der Waals surface area contributed by atoms with Gasteiger partial charge in [0.15, 0.2) is 0 Å². The van der Waals surface area contributed by atoms with Gasteiger partial charge in [0.1, 0.15) is 0 Å². The smallest absolute Gasteiger partial charge is 0.366 e. The van der Waals surface area contributed by atoms with Crippen molar-refractivity contribution >= 4 is 0 Å². The second-order valence-corrected chi connectivity index (χ2v) is 2.98. The van der Waals surface area contributed by atoms with Crippen LogP contribution in [-0.2, 0) is 21.1 Å². The summed E-state index contributed by atoms with van der Waals surface area (Å²) in [5.74, 6) is 4.55. The minimum Gasteiger partial charge on any atom is -0.366 e. The molecular weight excluding hydrogens is 411 g/mol. The fraction of sp³-hybridized carbons (Fsp3) is 0. The van der Waals surface area contributed by atoms with E-state index in [1.165, 1.54) is 0 Å². The third-order valence-corrected chi connectivity index (χ3v) is 1.84. The Bertz CT molecular complexity index is 437. The molecule has 0 spiro atoms. The van der Waals surface area contributed by atoms with Crippen LogP contribution in [-0.4, -0.2) is 0 Å². The standard InChI is InChI=1S/2C8H5.2CH3.Pt/c2*1-2-8-6-4-3-5-7-8;;;/h2*3-7H;2*1H3;/q4*-1;+4. The summed E-state index contributed by atoms with van der Waals surface area (Å²) in [6, 6.07) is 18.7. The van der Waals surface area contributed by atoms with E-state index in [9.17, 15) is 0 Å². The number of hydrogen-bond donors (Lipinski definition) is 0. The zero-order valence-electron chi connectivity index (χ0n) is 11.1. The van der Waals surface area contributed by atoms with E-state index in [0.717, 1.165) is 11.1 Å². The van der Waals surface area contributed by atoms with E-state index in [0.29, 0.717) is 0 Å². The summed E-state index contributed by atoms with van der Waals surface area (Å²) in [7, 11) is 0. The fourth-order valence-electron chi connectivity index (χ4n) is 1.04. The van der Waals surface area contributed by atoms with E-state index in [2.05, 4.69) is 11.8 Å². The molecule has 0 aliphatic heterocycles. The second-order valence-electron chi connectivity index (χ2n) is 2.98. The molecule has 0 heterocycles. The molecule has 0 unspecified atom stereocenters. The zero-order chi connectivity index (χ0) is 11.6. The summed E-state index contributed by atoms with van der Waals surface area (Å²) in [6.07, 6.45) is 13.4. The first-order valence-corrected chi connectivity index (χ1v) is 4.82. The van der Waals surface area contributed by atoms with E-state index in [4.69, 9.17) is 12.8 Å². The van der Waals surface area contributed by atoms with Gasteiger partial charge in [-0.2, -0.15) is 0 Å². The van der Waals surface area contributed by atoms with Crippen LogP contribution in [0.2, 0.25) is 0 Å². The van der Waals surface area contributed by atoms with E-state index in [1.807, 2.05) is 60.7 Å². The van der Waals surface area contributed by atoms with Crippen LogP contribution < -0.4 is 0 Å². The normalized spacial score (nSPS) is 6.63. The van der Waals surface area contributed by atoms with Gasteiger partial charge in [0.05, 0.1) is 0 Å². The van der Waals surface area contributed by atoms with Crippen molar-refractivity contribution in [2.75, 3.05) is 0 Å². The molecule has 2 aromatic rings. The molecule has 0 amide bonds. The van der Waals surface area contributed by atoms with Crippen molar-refractivity contribution in [2.45, 2.75) is 0 Å². The molecule has 0 fully saturated rings. The topological polar surface area (TPSA) is 0 Å². The molecule has 2 rings (SSSR count). The number of hydrogen-bond acceptors (Lipinski definition) is 0. The van der Waals surface area contributed by atoms with Crippen LogP contribution in [0.5, 0.6) is 0 Å². The molecular formula is C18H16Pt. The summed E-state index contributed by atoms with van der Waals surface area (Å²) < 4.78 is 0. The second kappa shape index (κ2) is 14.3. The summed E-state index contributed by atoms with van der Waals surface area (Å²) >= 11 is 0. The molecule has 1 heteroatoms. The third kappa shape index (κ3) is 9.91. The predicted molar refractivity (Wildman–Crippen MR) is 78.2 cm³/mol. The van der Waals surface area contributed by atoms with Gasteiger partial charge in [0.25, 0.3) is 0 Å². The van der Waals surface area contributed by atoms with Gasteiger partial charge in [0, 0.05) is 0 Å². The van der Waals surface area contributed by atoms with Crippen LogP contribution in [0.4, 0.5) is 0 Å². The Morgan fingerprint density at radius 2 is 0.842 bits per heavy atom. The Morgan fingerprint density at radius 3 is 1.00 bits per heavy atom.